The third kappa shape index (κ3) is 7.23. The molecule has 5 rings (SSSR count). The largest absolute Gasteiger partial charge is 0.457 e. The third-order valence-corrected chi connectivity index (χ3v) is 7.83. The van der Waals surface area contributed by atoms with Crippen LogP contribution in [0.4, 0.5) is 5.69 Å². The lowest BCUT2D eigenvalue weighted by molar-refractivity contribution is -0.124. The Labute approximate surface area is 243 Å². The molecule has 5 nitrogen and oxygen atoms in total. The van der Waals surface area contributed by atoms with E-state index in [1.165, 1.54) is 0 Å². The highest BCUT2D eigenvalue weighted by atomic mass is 16.5. The van der Waals surface area contributed by atoms with Crippen LogP contribution < -0.4 is 15.0 Å². The van der Waals surface area contributed by atoms with Gasteiger partial charge in [0, 0.05) is 31.7 Å². The molecule has 1 amide bonds. The Balaban J connectivity index is 1.20. The molecule has 0 aromatic heterocycles. The predicted molar refractivity (Wildman–Crippen MR) is 165 cm³/mol. The highest BCUT2D eigenvalue weighted by molar-refractivity contribution is 6.00. The SMILES string of the molecule is CCCNC(=O)C(c1ccccc1)C1CCN(c2ccc(CC(=O)c3ccccc3Oc3ccccc3)cc2)CC1. The van der Waals surface area contributed by atoms with Gasteiger partial charge in [-0.05, 0) is 72.7 Å². The van der Waals surface area contributed by atoms with Crippen LogP contribution in [0.15, 0.2) is 109 Å². The number of carbonyl (C=O) groups is 2. The maximum absolute atomic E-state index is 13.2. The Hall–Kier alpha value is -4.38. The lowest BCUT2D eigenvalue weighted by Crippen LogP contribution is -2.40. The number of ketones is 1. The Morgan fingerprint density at radius 1 is 0.829 bits per heavy atom. The van der Waals surface area contributed by atoms with E-state index in [0.29, 0.717) is 35.9 Å². The van der Waals surface area contributed by atoms with Gasteiger partial charge in [-0.2, -0.15) is 0 Å². The van der Waals surface area contributed by atoms with Crippen LogP contribution in [-0.4, -0.2) is 31.3 Å². The number of para-hydroxylation sites is 2. The summed E-state index contributed by atoms with van der Waals surface area (Å²) in [5, 5.41) is 3.13. The monoisotopic (exact) mass is 546 g/mol. The fraction of sp³-hybridized carbons (Fsp3) is 0.278. The highest BCUT2D eigenvalue weighted by Crippen LogP contribution is 2.35. The van der Waals surface area contributed by atoms with Gasteiger partial charge in [0.25, 0.3) is 0 Å². The van der Waals surface area contributed by atoms with E-state index in [1.807, 2.05) is 84.9 Å². The number of amides is 1. The minimum atomic E-state index is -0.118. The van der Waals surface area contributed by atoms with Crippen LogP contribution in [0.3, 0.4) is 0 Å². The van der Waals surface area contributed by atoms with Crippen molar-refractivity contribution in [2.24, 2.45) is 5.92 Å². The maximum Gasteiger partial charge on any atom is 0.227 e. The molecule has 0 radical (unpaired) electrons. The second-order valence-electron chi connectivity index (χ2n) is 10.7. The van der Waals surface area contributed by atoms with Crippen LogP contribution in [-0.2, 0) is 11.2 Å². The number of carbonyl (C=O) groups excluding carboxylic acids is 2. The van der Waals surface area contributed by atoms with E-state index in [4.69, 9.17) is 4.74 Å². The van der Waals surface area contributed by atoms with Crippen LogP contribution in [0.25, 0.3) is 0 Å². The number of hydrogen-bond acceptors (Lipinski definition) is 4. The standard InChI is InChI=1S/C36H38N2O3/c1-2-23-37-36(40)35(28-11-5-3-6-12-28)29-21-24-38(25-22-29)30-19-17-27(18-20-30)26-33(39)32-15-9-10-16-34(32)41-31-13-7-4-8-14-31/h3-20,29,35H,2,21-26H2,1H3,(H,37,40). The first-order valence-corrected chi connectivity index (χ1v) is 14.6. The third-order valence-electron chi connectivity index (χ3n) is 7.83. The van der Waals surface area contributed by atoms with Crippen LogP contribution in [0.1, 0.15) is 53.6 Å². The zero-order valence-corrected chi connectivity index (χ0v) is 23.7. The molecule has 1 atom stereocenters. The summed E-state index contributed by atoms with van der Waals surface area (Å²) in [7, 11) is 0. The minimum Gasteiger partial charge on any atom is -0.457 e. The topological polar surface area (TPSA) is 58.6 Å². The van der Waals surface area contributed by atoms with Crippen molar-refractivity contribution in [2.45, 2.75) is 38.5 Å². The summed E-state index contributed by atoms with van der Waals surface area (Å²) in [5.41, 5.74) is 3.81. The van der Waals surface area contributed by atoms with Crippen LogP contribution in [0.5, 0.6) is 11.5 Å². The normalized spacial score (nSPS) is 14.3. The number of rotatable bonds is 11. The first kappa shape index (κ1) is 28.2. The van der Waals surface area contributed by atoms with Crippen molar-refractivity contribution >= 4 is 17.4 Å². The first-order valence-electron chi connectivity index (χ1n) is 14.6. The van der Waals surface area contributed by atoms with Crippen molar-refractivity contribution in [3.63, 3.8) is 0 Å². The van der Waals surface area contributed by atoms with Crippen molar-refractivity contribution < 1.29 is 14.3 Å². The van der Waals surface area contributed by atoms with E-state index >= 15 is 0 Å². The van der Waals surface area contributed by atoms with Crippen molar-refractivity contribution in [1.29, 1.82) is 0 Å². The van der Waals surface area contributed by atoms with Crippen molar-refractivity contribution in [3.05, 3.63) is 126 Å². The maximum atomic E-state index is 13.2. The van der Waals surface area contributed by atoms with Gasteiger partial charge in [0.15, 0.2) is 5.78 Å². The second-order valence-corrected chi connectivity index (χ2v) is 10.7. The molecule has 41 heavy (non-hydrogen) atoms. The predicted octanol–water partition coefficient (Wildman–Crippen LogP) is 7.43. The molecule has 0 aliphatic carbocycles. The summed E-state index contributed by atoms with van der Waals surface area (Å²) in [6.07, 6.45) is 3.15. The summed E-state index contributed by atoms with van der Waals surface area (Å²) in [4.78, 5) is 28.7. The van der Waals surface area contributed by atoms with Crippen LogP contribution in [0.2, 0.25) is 0 Å². The average molecular weight is 547 g/mol. The summed E-state index contributed by atoms with van der Waals surface area (Å²) in [5.74, 6) is 1.63. The number of hydrogen-bond donors (Lipinski definition) is 1. The number of nitrogens with zero attached hydrogens (tertiary/aromatic N) is 1. The van der Waals surface area contributed by atoms with Gasteiger partial charge in [0.2, 0.25) is 5.91 Å². The quantitative estimate of drug-likeness (QED) is 0.199. The average Bonchev–Trinajstić information content (AvgIpc) is 3.02. The molecule has 0 bridgehead atoms. The molecule has 1 fully saturated rings. The molecule has 1 N–H and O–H groups in total. The summed E-state index contributed by atoms with van der Waals surface area (Å²) in [6, 6.07) is 35.4. The van der Waals surface area contributed by atoms with Crippen molar-refractivity contribution in [2.75, 3.05) is 24.5 Å². The summed E-state index contributed by atoms with van der Waals surface area (Å²) < 4.78 is 6.00. The molecule has 4 aromatic carbocycles. The molecule has 0 spiro atoms. The van der Waals surface area contributed by atoms with Gasteiger partial charge in [-0.25, -0.2) is 0 Å². The fourth-order valence-electron chi connectivity index (χ4n) is 5.65. The number of piperidine rings is 1. The fourth-order valence-corrected chi connectivity index (χ4v) is 5.65. The minimum absolute atomic E-state index is 0.0263. The van der Waals surface area contributed by atoms with E-state index < -0.39 is 0 Å². The van der Waals surface area contributed by atoms with Gasteiger partial charge in [0.05, 0.1) is 11.5 Å². The number of ether oxygens (including phenoxy) is 1. The molecule has 5 heteroatoms. The number of Topliss-reactive ketones (excluding diaryl/α,β-unsaturated/α-hetero) is 1. The Bertz CT molecular complexity index is 1410. The van der Waals surface area contributed by atoms with E-state index in [2.05, 4.69) is 41.4 Å². The van der Waals surface area contributed by atoms with Gasteiger partial charge in [0.1, 0.15) is 11.5 Å². The number of anilines is 1. The lowest BCUT2D eigenvalue weighted by atomic mass is 9.79. The van der Waals surface area contributed by atoms with E-state index in [0.717, 1.165) is 49.2 Å². The molecule has 1 aliphatic rings. The van der Waals surface area contributed by atoms with Crippen molar-refractivity contribution in [3.8, 4) is 11.5 Å². The molecule has 1 unspecified atom stereocenters. The zero-order chi connectivity index (χ0) is 28.4. The Morgan fingerprint density at radius 2 is 1.46 bits per heavy atom. The molecule has 1 heterocycles. The smallest absolute Gasteiger partial charge is 0.227 e. The van der Waals surface area contributed by atoms with E-state index in [1.54, 1.807) is 0 Å². The number of nitrogens with one attached hydrogen (secondary N) is 1. The molecule has 1 aliphatic heterocycles. The van der Waals surface area contributed by atoms with Gasteiger partial charge >= 0.3 is 0 Å². The summed E-state index contributed by atoms with van der Waals surface area (Å²) >= 11 is 0. The van der Waals surface area contributed by atoms with Gasteiger partial charge in [-0.15, -0.1) is 0 Å². The van der Waals surface area contributed by atoms with Gasteiger partial charge in [-0.3, -0.25) is 9.59 Å². The van der Waals surface area contributed by atoms with E-state index in [9.17, 15) is 9.59 Å². The van der Waals surface area contributed by atoms with Crippen LogP contribution >= 0.6 is 0 Å². The van der Waals surface area contributed by atoms with Gasteiger partial charge in [-0.1, -0.05) is 79.7 Å². The summed E-state index contributed by atoms with van der Waals surface area (Å²) in [6.45, 7) is 4.59. The zero-order valence-electron chi connectivity index (χ0n) is 23.7. The molecular weight excluding hydrogens is 508 g/mol. The second kappa shape index (κ2) is 13.8. The lowest BCUT2D eigenvalue weighted by Gasteiger charge is -2.37. The first-order chi connectivity index (χ1) is 20.1. The number of benzene rings is 4. The Kier molecular flexibility index (Phi) is 9.48. The molecule has 0 saturated carbocycles. The molecule has 210 valence electrons. The molecule has 1 saturated heterocycles. The Morgan fingerprint density at radius 3 is 2.15 bits per heavy atom. The van der Waals surface area contributed by atoms with Crippen LogP contribution in [0, 0.1) is 5.92 Å². The molecular formula is C36H38N2O3. The van der Waals surface area contributed by atoms with Gasteiger partial charge < -0.3 is 15.0 Å². The highest BCUT2D eigenvalue weighted by Gasteiger charge is 2.32. The molecule has 4 aromatic rings. The van der Waals surface area contributed by atoms with Crippen molar-refractivity contribution in [1.82, 2.24) is 5.32 Å². The van der Waals surface area contributed by atoms with E-state index in [-0.39, 0.29) is 17.6 Å².